The van der Waals surface area contributed by atoms with Crippen LogP contribution in [0.3, 0.4) is 0 Å². The molecule has 0 amide bonds. The van der Waals surface area contributed by atoms with Crippen LogP contribution in [-0.2, 0) is 4.79 Å². The van der Waals surface area contributed by atoms with E-state index in [0.717, 1.165) is 55.2 Å². The standard InChI is InChI=1S/C15H18N4O2S/c20-15(21)11-7-10(11)8-18-2-4-19(5-3-18)14-13-12(1-6-22-13)16-9-17-14/h1,6,9-11H,2-5,7-8H2,(H,20,21)/t10-,11+/m0/s1. The van der Waals surface area contributed by atoms with E-state index in [-0.39, 0.29) is 5.92 Å². The fraction of sp³-hybridized carbons (Fsp3) is 0.533. The minimum absolute atomic E-state index is 0.106. The second kappa shape index (κ2) is 5.48. The van der Waals surface area contributed by atoms with E-state index in [0.29, 0.717) is 5.92 Å². The molecule has 2 fully saturated rings. The normalized spacial score (nSPS) is 25.5. The van der Waals surface area contributed by atoms with Crippen molar-refractivity contribution >= 4 is 33.3 Å². The summed E-state index contributed by atoms with van der Waals surface area (Å²) in [6.07, 6.45) is 2.48. The summed E-state index contributed by atoms with van der Waals surface area (Å²) in [6.45, 7) is 4.74. The van der Waals surface area contributed by atoms with E-state index >= 15 is 0 Å². The van der Waals surface area contributed by atoms with Gasteiger partial charge in [-0.2, -0.15) is 0 Å². The predicted octanol–water partition coefficient (Wildman–Crippen LogP) is 1.53. The quantitative estimate of drug-likeness (QED) is 0.922. The number of carbonyl (C=O) groups is 1. The third kappa shape index (κ3) is 2.55. The number of hydrogen-bond acceptors (Lipinski definition) is 6. The van der Waals surface area contributed by atoms with Crippen molar-refractivity contribution in [3.63, 3.8) is 0 Å². The lowest BCUT2D eigenvalue weighted by Gasteiger charge is -2.35. The maximum absolute atomic E-state index is 10.9. The third-order valence-corrected chi connectivity index (χ3v) is 5.53. The molecule has 2 aliphatic rings. The fourth-order valence-electron chi connectivity index (χ4n) is 3.23. The molecular formula is C15H18N4O2S. The Morgan fingerprint density at radius 1 is 1.32 bits per heavy atom. The van der Waals surface area contributed by atoms with Crippen molar-refractivity contribution in [3.8, 4) is 0 Å². The molecule has 0 spiro atoms. The molecule has 0 aromatic carbocycles. The van der Waals surface area contributed by atoms with Gasteiger partial charge in [0.15, 0.2) is 0 Å². The maximum Gasteiger partial charge on any atom is 0.306 e. The van der Waals surface area contributed by atoms with Crippen LogP contribution in [0, 0.1) is 11.8 Å². The molecule has 0 unspecified atom stereocenters. The van der Waals surface area contributed by atoms with E-state index in [9.17, 15) is 4.79 Å². The van der Waals surface area contributed by atoms with Gasteiger partial charge in [-0.25, -0.2) is 9.97 Å². The Bertz CT molecular complexity index is 696. The average molecular weight is 318 g/mol. The van der Waals surface area contributed by atoms with Crippen LogP contribution >= 0.6 is 11.3 Å². The predicted molar refractivity (Wildman–Crippen MR) is 85.3 cm³/mol. The van der Waals surface area contributed by atoms with E-state index in [1.54, 1.807) is 17.7 Å². The topological polar surface area (TPSA) is 69.6 Å². The maximum atomic E-state index is 10.9. The molecule has 1 saturated carbocycles. The molecule has 1 saturated heterocycles. The van der Waals surface area contributed by atoms with Crippen molar-refractivity contribution < 1.29 is 9.90 Å². The fourth-order valence-corrected chi connectivity index (χ4v) is 4.09. The van der Waals surface area contributed by atoms with Gasteiger partial charge < -0.3 is 10.0 Å². The number of aromatic nitrogens is 2. The first-order valence-corrected chi connectivity index (χ1v) is 8.48. The molecule has 7 heteroatoms. The highest BCUT2D eigenvalue weighted by Crippen LogP contribution is 2.39. The van der Waals surface area contributed by atoms with Gasteiger partial charge in [-0.1, -0.05) is 0 Å². The lowest BCUT2D eigenvalue weighted by molar-refractivity contribution is -0.138. The highest BCUT2D eigenvalue weighted by Gasteiger charge is 2.44. The molecule has 3 heterocycles. The Morgan fingerprint density at radius 2 is 2.14 bits per heavy atom. The smallest absolute Gasteiger partial charge is 0.306 e. The van der Waals surface area contributed by atoms with E-state index in [4.69, 9.17) is 5.11 Å². The van der Waals surface area contributed by atoms with Gasteiger partial charge >= 0.3 is 5.97 Å². The van der Waals surface area contributed by atoms with Gasteiger partial charge in [0.05, 0.1) is 16.1 Å². The van der Waals surface area contributed by atoms with Crippen LogP contribution in [0.1, 0.15) is 6.42 Å². The summed E-state index contributed by atoms with van der Waals surface area (Å²) >= 11 is 1.69. The molecular weight excluding hydrogens is 300 g/mol. The Balaban J connectivity index is 1.38. The van der Waals surface area contributed by atoms with Crippen LogP contribution in [0.4, 0.5) is 5.82 Å². The number of anilines is 1. The molecule has 1 aliphatic heterocycles. The number of rotatable bonds is 4. The number of piperazine rings is 1. The molecule has 0 radical (unpaired) electrons. The van der Waals surface area contributed by atoms with E-state index < -0.39 is 5.97 Å². The number of carboxylic acids is 1. The Labute approximate surface area is 132 Å². The van der Waals surface area contributed by atoms with E-state index in [2.05, 4.69) is 25.1 Å². The second-order valence-corrected chi connectivity index (χ2v) is 6.98. The molecule has 1 N–H and O–H groups in total. The number of nitrogens with zero attached hydrogens (tertiary/aromatic N) is 4. The molecule has 2 aromatic heterocycles. The van der Waals surface area contributed by atoms with Gasteiger partial charge in [0.25, 0.3) is 0 Å². The van der Waals surface area contributed by atoms with Crippen LogP contribution in [0.2, 0.25) is 0 Å². The summed E-state index contributed by atoms with van der Waals surface area (Å²) in [4.78, 5) is 24.4. The van der Waals surface area contributed by atoms with Crippen molar-refractivity contribution in [1.29, 1.82) is 0 Å². The highest BCUT2D eigenvalue weighted by atomic mass is 32.1. The molecule has 4 rings (SSSR count). The average Bonchev–Trinajstić information content (AvgIpc) is 3.13. The Morgan fingerprint density at radius 3 is 2.86 bits per heavy atom. The van der Waals surface area contributed by atoms with Gasteiger partial charge in [-0.05, 0) is 23.8 Å². The van der Waals surface area contributed by atoms with Crippen LogP contribution in [0.25, 0.3) is 10.2 Å². The van der Waals surface area contributed by atoms with Crippen LogP contribution in [0.15, 0.2) is 17.8 Å². The van der Waals surface area contributed by atoms with Gasteiger partial charge in [-0.3, -0.25) is 9.69 Å². The summed E-state index contributed by atoms with van der Waals surface area (Å²) in [5, 5.41) is 11.0. The zero-order chi connectivity index (χ0) is 15.1. The monoisotopic (exact) mass is 318 g/mol. The van der Waals surface area contributed by atoms with Gasteiger partial charge in [0.1, 0.15) is 12.1 Å². The lowest BCUT2D eigenvalue weighted by Crippen LogP contribution is -2.47. The zero-order valence-electron chi connectivity index (χ0n) is 12.2. The largest absolute Gasteiger partial charge is 0.481 e. The summed E-state index contributed by atoms with van der Waals surface area (Å²) < 4.78 is 1.16. The third-order valence-electron chi connectivity index (χ3n) is 4.63. The van der Waals surface area contributed by atoms with Gasteiger partial charge in [-0.15, -0.1) is 11.3 Å². The Hall–Kier alpha value is -1.73. The van der Waals surface area contributed by atoms with Crippen molar-refractivity contribution in [1.82, 2.24) is 14.9 Å². The van der Waals surface area contributed by atoms with Crippen molar-refractivity contribution in [3.05, 3.63) is 17.8 Å². The van der Waals surface area contributed by atoms with E-state index in [1.165, 1.54) is 0 Å². The summed E-state index contributed by atoms with van der Waals surface area (Å²) in [5.74, 6) is 0.650. The summed E-state index contributed by atoms with van der Waals surface area (Å²) in [5.41, 5.74) is 1.01. The van der Waals surface area contributed by atoms with Crippen LogP contribution in [-0.4, -0.2) is 58.7 Å². The number of thiophene rings is 1. The van der Waals surface area contributed by atoms with Gasteiger partial charge in [0.2, 0.25) is 0 Å². The molecule has 22 heavy (non-hydrogen) atoms. The van der Waals surface area contributed by atoms with Crippen molar-refractivity contribution in [2.75, 3.05) is 37.6 Å². The number of aliphatic carboxylic acids is 1. The first-order valence-electron chi connectivity index (χ1n) is 7.60. The second-order valence-electron chi connectivity index (χ2n) is 6.06. The molecule has 6 nitrogen and oxygen atoms in total. The van der Waals surface area contributed by atoms with Crippen LogP contribution < -0.4 is 4.90 Å². The van der Waals surface area contributed by atoms with E-state index in [1.807, 2.05) is 6.07 Å². The highest BCUT2D eigenvalue weighted by molar-refractivity contribution is 7.17. The summed E-state index contributed by atoms with van der Waals surface area (Å²) in [7, 11) is 0. The SMILES string of the molecule is O=C(O)[C@@H]1C[C@H]1CN1CCN(c2ncnc3ccsc23)CC1. The Kier molecular flexibility index (Phi) is 3.46. The minimum Gasteiger partial charge on any atom is -0.481 e. The molecule has 0 bridgehead atoms. The first kappa shape index (κ1) is 13.9. The number of fused-ring (bicyclic) bond motifs is 1. The lowest BCUT2D eigenvalue weighted by atomic mass is 10.2. The number of carboxylic acid groups (broad SMARTS) is 1. The molecule has 2 atom stereocenters. The summed E-state index contributed by atoms with van der Waals surface area (Å²) in [6, 6.07) is 2.03. The van der Waals surface area contributed by atoms with Gasteiger partial charge in [0, 0.05) is 32.7 Å². The number of hydrogen-bond donors (Lipinski definition) is 1. The zero-order valence-corrected chi connectivity index (χ0v) is 13.0. The van der Waals surface area contributed by atoms with Crippen molar-refractivity contribution in [2.24, 2.45) is 11.8 Å². The van der Waals surface area contributed by atoms with Crippen LogP contribution in [0.5, 0.6) is 0 Å². The molecule has 1 aliphatic carbocycles. The molecule has 116 valence electrons. The minimum atomic E-state index is -0.635. The van der Waals surface area contributed by atoms with Crippen molar-refractivity contribution in [2.45, 2.75) is 6.42 Å². The molecule has 2 aromatic rings. The first-order chi connectivity index (χ1) is 10.7.